The molecule has 8 heteroatoms. The zero-order valence-electron chi connectivity index (χ0n) is 20.5. The zero-order valence-corrected chi connectivity index (χ0v) is 20.5. The monoisotopic (exact) mass is 488 g/mol. The van der Waals surface area contributed by atoms with E-state index >= 15 is 0 Å². The molecule has 0 spiro atoms. The number of anilines is 1. The summed E-state index contributed by atoms with van der Waals surface area (Å²) in [6, 6.07) is 19.8. The Hall–Kier alpha value is -3.94. The fraction of sp³-hybridized carbons (Fsp3) is 0.357. The van der Waals surface area contributed by atoms with Gasteiger partial charge in [-0.1, -0.05) is 78.7 Å². The van der Waals surface area contributed by atoms with E-state index in [-0.39, 0.29) is 43.1 Å². The maximum absolute atomic E-state index is 13.6. The average Bonchev–Trinajstić information content (AvgIpc) is 3.55. The number of nitrogens with zero attached hydrogens (tertiary/aromatic N) is 2. The molecule has 1 aliphatic carbocycles. The molecule has 3 aromatic rings. The van der Waals surface area contributed by atoms with Gasteiger partial charge in [-0.15, -0.1) is 0 Å². The predicted molar refractivity (Wildman–Crippen MR) is 136 cm³/mol. The van der Waals surface area contributed by atoms with E-state index in [2.05, 4.69) is 15.8 Å². The Labute approximate surface area is 211 Å². The van der Waals surface area contributed by atoms with Gasteiger partial charge in [-0.25, -0.2) is 0 Å². The molecular formula is C28H32N4O4. The number of nitrogens with one attached hydrogen (secondary N) is 2. The molecule has 3 amide bonds. The largest absolute Gasteiger partial charge is 0.360 e. The normalized spacial score (nSPS) is 14.2. The molecule has 1 heterocycles. The van der Waals surface area contributed by atoms with E-state index < -0.39 is 6.04 Å². The van der Waals surface area contributed by atoms with Crippen LogP contribution in [0.4, 0.5) is 5.82 Å². The number of rotatable bonds is 10. The second kappa shape index (κ2) is 12.2. The molecule has 1 aromatic heterocycles. The second-order valence-electron chi connectivity index (χ2n) is 9.18. The minimum Gasteiger partial charge on any atom is -0.360 e. The zero-order chi connectivity index (χ0) is 25.3. The molecule has 1 fully saturated rings. The molecule has 2 aromatic carbocycles. The van der Waals surface area contributed by atoms with Crippen molar-refractivity contribution in [3.63, 3.8) is 0 Å². The van der Waals surface area contributed by atoms with Gasteiger partial charge in [0.05, 0.1) is 0 Å². The molecule has 8 nitrogen and oxygen atoms in total. The van der Waals surface area contributed by atoms with Gasteiger partial charge in [0, 0.05) is 31.5 Å². The topological polar surface area (TPSA) is 105 Å². The fourth-order valence-electron chi connectivity index (χ4n) is 4.56. The van der Waals surface area contributed by atoms with Crippen LogP contribution in [-0.2, 0) is 20.9 Å². The Kier molecular flexibility index (Phi) is 8.49. The molecule has 0 saturated heterocycles. The SMILES string of the molecule is Cc1cc(NC(=O)CCC(=O)N(Cc2ccccc2)[C@H](C(=O)NC2CCCC2)c2ccccc2)no1. The third-order valence-electron chi connectivity index (χ3n) is 6.35. The first-order valence-corrected chi connectivity index (χ1v) is 12.4. The summed E-state index contributed by atoms with van der Waals surface area (Å²) in [6.45, 7) is 1.98. The van der Waals surface area contributed by atoms with Gasteiger partial charge in [0.1, 0.15) is 11.8 Å². The second-order valence-corrected chi connectivity index (χ2v) is 9.18. The van der Waals surface area contributed by atoms with Crippen molar-refractivity contribution < 1.29 is 18.9 Å². The highest BCUT2D eigenvalue weighted by molar-refractivity contribution is 5.94. The van der Waals surface area contributed by atoms with E-state index in [0.29, 0.717) is 11.6 Å². The molecule has 0 radical (unpaired) electrons. The number of aryl methyl sites for hydroxylation is 1. The number of amides is 3. The van der Waals surface area contributed by atoms with Gasteiger partial charge in [-0.3, -0.25) is 14.4 Å². The lowest BCUT2D eigenvalue weighted by atomic mass is 10.0. The first-order chi connectivity index (χ1) is 17.5. The summed E-state index contributed by atoms with van der Waals surface area (Å²) in [5.74, 6) is 0.0715. The maximum atomic E-state index is 13.6. The van der Waals surface area contributed by atoms with Crippen LogP contribution in [0.5, 0.6) is 0 Å². The summed E-state index contributed by atoms with van der Waals surface area (Å²) in [6.07, 6.45) is 3.99. The highest BCUT2D eigenvalue weighted by atomic mass is 16.5. The summed E-state index contributed by atoms with van der Waals surface area (Å²) in [5, 5.41) is 9.57. The van der Waals surface area contributed by atoms with E-state index in [4.69, 9.17) is 4.52 Å². The van der Waals surface area contributed by atoms with E-state index in [0.717, 1.165) is 36.8 Å². The van der Waals surface area contributed by atoms with Gasteiger partial charge in [-0.05, 0) is 30.9 Å². The maximum Gasteiger partial charge on any atom is 0.247 e. The molecule has 0 bridgehead atoms. The first kappa shape index (κ1) is 25.2. The summed E-state index contributed by atoms with van der Waals surface area (Å²) in [5.41, 5.74) is 1.64. The van der Waals surface area contributed by atoms with Gasteiger partial charge < -0.3 is 20.1 Å². The lowest BCUT2D eigenvalue weighted by Crippen LogP contribution is -2.46. The van der Waals surface area contributed by atoms with Crippen LogP contribution in [0.2, 0.25) is 0 Å². The summed E-state index contributed by atoms with van der Waals surface area (Å²) in [4.78, 5) is 41.3. The Morgan fingerprint density at radius 3 is 2.31 bits per heavy atom. The lowest BCUT2D eigenvalue weighted by Gasteiger charge is -2.32. The number of hydrogen-bond donors (Lipinski definition) is 2. The van der Waals surface area contributed by atoms with Gasteiger partial charge in [0.25, 0.3) is 0 Å². The molecule has 4 rings (SSSR count). The van der Waals surface area contributed by atoms with Crippen LogP contribution < -0.4 is 10.6 Å². The van der Waals surface area contributed by atoms with Crippen LogP contribution in [0, 0.1) is 6.92 Å². The molecule has 1 atom stereocenters. The first-order valence-electron chi connectivity index (χ1n) is 12.4. The van der Waals surface area contributed by atoms with Crippen molar-refractivity contribution in [2.24, 2.45) is 0 Å². The number of aromatic nitrogens is 1. The van der Waals surface area contributed by atoms with Crippen molar-refractivity contribution in [3.05, 3.63) is 83.6 Å². The molecular weight excluding hydrogens is 456 g/mol. The quantitative estimate of drug-likeness (QED) is 0.436. The average molecular weight is 489 g/mol. The van der Waals surface area contributed by atoms with Gasteiger partial charge in [-0.2, -0.15) is 0 Å². The van der Waals surface area contributed by atoms with Crippen LogP contribution in [0.15, 0.2) is 71.3 Å². The van der Waals surface area contributed by atoms with E-state index in [1.807, 2.05) is 60.7 Å². The summed E-state index contributed by atoms with van der Waals surface area (Å²) in [7, 11) is 0. The molecule has 1 aliphatic rings. The predicted octanol–water partition coefficient (Wildman–Crippen LogP) is 4.53. The van der Waals surface area contributed by atoms with Crippen LogP contribution in [0.25, 0.3) is 0 Å². The molecule has 188 valence electrons. The number of benzene rings is 2. The fourth-order valence-corrected chi connectivity index (χ4v) is 4.56. The van der Waals surface area contributed by atoms with Gasteiger partial charge in [0.2, 0.25) is 17.7 Å². The minimum atomic E-state index is -0.805. The van der Waals surface area contributed by atoms with Crippen LogP contribution in [-0.4, -0.2) is 33.8 Å². The summed E-state index contributed by atoms with van der Waals surface area (Å²) >= 11 is 0. The molecule has 36 heavy (non-hydrogen) atoms. The third kappa shape index (κ3) is 6.81. The molecule has 1 saturated carbocycles. The van der Waals surface area contributed by atoms with Crippen molar-refractivity contribution in [1.29, 1.82) is 0 Å². The van der Waals surface area contributed by atoms with Crippen LogP contribution >= 0.6 is 0 Å². The van der Waals surface area contributed by atoms with Crippen molar-refractivity contribution >= 4 is 23.5 Å². The highest BCUT2D eigenvalue weighted by Gasteiger charge is 2.33. The van der Waals surface area contributed by atoms with Crippen molar-refractivity contribution in [2.75, 3.05) is 5.32 Å². The summed E-state index contributed by atoms with van der Waals surface area (Å²) < 4.78 is 4.97. The Bertz CT molecular complexity index is 1160. The smallest absolute Gasteiger partial charge is 0.247 e. The van der Waals surface area contributed by atoms with Crippen molar-refractivity contribution in [3.8, 4) is 0 Å². The highest BCUT2D eigenvalue weighted by Crippen LogP contribution is 2.27. The van der Waals surface area contributed by atoms with Gasteiger partial charge in [0.15, 0.2) is 5.82 Å². The Balaban J connectivity index is 1.55. The number of carbonyl (C=O) groups excluding carboxylic acids is 3. The van der Waals surface area contributed by atoms with Crippen LogP contribution in [0.3, 0.4) is 0 Å². The third-order valence-corrected chi connectivity index (χ3v) is 6.35. The van der Waals surface area contributed by atoms with Crippen molar-refractivity contribution in [1.82, 2.24) is 15.4 Å². The van der Waals surface area contributed by atoms with E-state index in [1.54, 1.807) is 17.9 Å². The van der Waals surface area contributed by atoms with Crippen LogP contribution in [0.1, 0.15) is 61.5 Å². The van der Waals surface area contributed by atoms with Crippen molar-refractivity contribution in [2.45, 2.75) is 64.1 Å². The van der Waals surface area contributed by atoms with Gasteiger partial charge >= 0.3 is 0 Å². The van der Waals surface area contributed by atoms with E-state index in [9.17, 15) is 14.4 Å². The lowest BCUT2D eigenvalue weighted by molar-refractivity contribution is -0.142. The Morgan fingerprint density at radius 1 is 1.00 bits per heavy atom. The number of hydrogen-bond acceptors (Lipinski definition) is 5. The Morgan fingerprint density at radius 2 is 1.67 bits per heavy atom. The molecule has 0 aliphatic heterocycles. The molecule has 2 N–H and O–H groups in total. The van der Waals surface area contributed by atoms with E-state index in [1.165, 1.54) is 0 Å². The number of carbonyl (C=O) groups is 3. The standard InChI is InChI=1S/C28H32N4O4/c1-20-18-24(31-36-20)30-25(33)16-17-26(34)32(19-21-10-4-2-5-11-21)27(22-12-6-3-7-13-22)28(35)29-23-14-8-9-15-23/h2-7,10-13,18,23,27H,8-9,14-17,19H2,1H3,(H,29,35)(H,30,31,33)/t27-/m0/s1. The minimum absolute atomic E-state index is 0.0399. The molecule has 0 unspecified atom stereocenters.